The molecule has 0 aromatic heterocycles. The first-order chi connectivity index (χ1) is 16.1. The zero-order chi connectivity index (χ0) is 23.2. The van der Waals surface area contributed by atoms with Gasteiger partial charge in [-0.25, -0.2) is 0 Å². The van der Waals surface area contributed by atoms with Crippen LogP contribution in [0, 0.1) is 13.8 Å². The Balaban J connectivity index is 1.65. The zero-order valence-corrected chi connectivity index (χ0v) is 19.6. The van der Waals surface area contributed by atoms with Gasteiger partial charge >= 0.3 is 0 Å². The average molecular weight is 436 g/mol. The summed E-state index contributed by atoms with van der Waals surface area (Å²) in [6, 6.07) is 31.3. The van der Waals surface area contributed by atoms with E-state index in [1.54, 1.807) is 14.2 Å². The van der Waals surface area contributed by atoms with Crippen LogP contribution >= 0.6 is 0 Å². The Morgan fingerprint density at radius 1 is 0.576 bits per heavy atom. The molecule has 4 rings (SSSR count). The fourth-order valence-corrected chi connectivity index (χ4v) is 3.84. The number of nitrogens with zero attached hydrogens (tertiary/aromatic N) is 1. The zero-order valence-electron chi connectivity index (χ0n) is 19.6. The predicted molar refractivity (Wildman–Crippen MR) is 139 cm³/mol. The second-order valence-corrected chi connectivity index (χ2v) is 8.02. The molecular formula is C30H29NO2. The number of ether oxygens (including phenoxy) is 2. The van der Waals surface area contributed by atoms with Crippen molar-refractivity contribution in [2.45, 2.75) is 13.8 Å². The van der Waals surface area contributed by atoms with E-state index in [-0.39, 0.29) is 0 Å². The maximum atomic E-state index is 5.34. The Morgan fingerprint density at radius 2 is 1.06 bits per heavy atom. The standard InChI is InChI=1S/C30H29NO2/c1-22-5-9-25(23(2)21-22)10-6-24-7-11-26(12-8-24)31(27-13-17-29(32-3)18-14-27)28-15-19-30(33-4)20-16-28/h5-21H,1-4H3. The molecule has 0 aliphatic carbocycles. The lowest BCUT2D eigenvalue weighted by Gasteiger charge is -2.26. The summed E-state index contributed by atoms with van der Waals surface area (Å²) < 4.78 is 10.7. The molecular weight excluding hydrogens is 406 g/mol. The van der Waals surface area contributed by atoms with E-state index in [2.05, 4.69) is 97.6 Å². The van der Waals surface area contributed by atoms with Gasteiger partial charge in [-0.3, -0.25) is 0 Å². The van der Waals surface area contributed by atoms with Crippen molar-refractivity contribution < 1.29 is 9.47 Å². The molecule has 3 nitrogen and oxygen atoms in total. The number of hydrogen-bond acceptors (Lipinski definition) is 3. The second-order valence-electron chi connectivity index (χ2n) is 8.02. The quantitative estimate of drug-likeness (QED) is 0.275. The minimum absolute atomic E-state index is 0.834. The Kier molecular flexibility index (Phi) is 6.80. The van der Waals surface area contributed by atoms with Gasteiger partial charge in [-0.15, -0.1) is 0 Å². The molecule has 0 bridgehead atoms. The van der Waals surface area contributed by atoms with E-state index in [1.165, 1.54) is 16.7 Å². The monoisotopic (exact) mass is 435 g/mol. The number of rotatable bonds is 7. The highest BCUT2D eigenvalue weighted by molar-refractivity contribution is 5.78. The van der Waals surface area contributed by atoms with Crippen LogP contribution in [0.15, 0.2) is 91.0 Å². The van der Waals surface area contributed by atoms with Crippen LogP contribution in [0.3, 0.4) is 0 Å². The number of methoxy groups -OCH3 is 2. The van der Waals surface area contributed by atoms with E-state index >= 15 is 0 Å². The second kappa shape index (κ2) is 10.1. The summed E-state index contributed by atoms with van der Waals surface area (Å²) in [6.07, 6.45) is 4.33. The van der Waals surface area contributed by atoms with Crippen molar-refractivity contribution >= 4 is 29.2 Å². The summed E-state index contributed by atoms with van der Waals surface area (Å²) in [5.41, 5.74) is 8.15. The van der Waals surface area contributed by atoms with Gasteiger partial charge in [0.15, 0.2) is 0 Å². The SMILES string of the molecule is COc1ccc(N(c2ccc(C=Cc3ccc(C)cc3C)cc2)c2ccc(OC)cc2)cc1. The Bertz CT molecular complexity index is 1180. The molecule has 0 amide bonds. The molecule has 0 radical (unpaired) electrons. The van der Waals surface area contributed by atoms with Gasteiger partial charge in [0.1, 0.15) is 11.5 Å². The maximum Gasteiger partial charge on any atom is 0.119 e. The van der Waals surface area contributed by atoms with Crippen LogP contribution in [0.5, 0.6) is 11.5 Å². The van der Waals surface area contributed by atoms with Gasteiger partial charge < -0.3 is 14.4 Å². The molecule has 0 atom stereocenters. The molecule has 0 heterocycles. The van der Waals surface area contributed by atoms with Crippen molar-refractivity contribution in [3.05, 3.63) is 113 Å². The molecule has 0 aliphatic rings. The van der Waals surface area contributed by atoms with Gasteiger partial charge in [0.2, 0.25) is 0 Å². The van der Waals surface area contributed by atoms with Crippen LogP contribution in [0.1, 0.15) is 22.3 Å². The third-order valence-electron chi connectivity index (χ3n) is 5.69. The first-order valence-electron chi connectivity index (χ1n) is 11.0. The minimum atomic E-state index is 0.834. The lowest BCUT2D eigenvalue weighted by molar-refractivity contribution is 0.415. The van der Waals surface area contributed by atoms with Crippen LogP contribution in [0.4, 0.5) is 17.1 Å². The van der Waals surface area contributed by atoms with Gasteiger partial charge in [-0.1, -0.05) is 48.0 Å². The Hall–Kier alpha value is -3.98. The summed E-state index contributed by atoms with van der Waals surface area (Å²) >= 11 is 0. The van der Waals surface area contributed by atoms with Crippen molar-refractivity contribution in [2.24, 2.45) is 0 Å². The Morgan fingerprint density at radius 3 is 1.52 bits per heavy atom. The third kappa shape index (κ3) is 5.27. The van der Waals surface area contributed by atoms with E-state index in [1.807, 2.05) is 24.3 Å². The summed E-state index contributed by atoms with van der Waals surface area (Å²) in [4.78, 5) is 2.22. The van der Waals surface area contributed by atoms with Crippen molar-refractivity contribution in [2.75, 3.05) is 19.1 Å². The number of hydrogen-bond donors (Lipinski definition) is 0. The van der Waals surface area contributed by atoms with Crippen molar-refractivity contribution in [3.8, 4) is 11.5 Å². The highest BCUT2D eigenvalue weighted by Gasteiger charge is 2.12. The molecule has 0 saturated carbocycles. The van der Waals surface area contributed by atoms with E-state index in [0.717, 1.165) is 34.1 Å². The van der Waals surface area contributed by atoms with Crippen LogP contribution in [-0.4, -0.2) is 14.2 Å². The van der Waals surface area contributed by atoms with Gasteiger partial charge in [0.05, 0.1) is 14.2 Å². The van der Waals surface area contributed by atoms with E-state index in [9.17, 15) is 0 Å². The van der Waals surface area contributed by atoms with Crippen LogP contribution in [0.25, 0.3) is 12.2 Å². The molecule has 0 N–H and O–H groups in total. The molecule has 33 heavy (non-hydrogen) atoms. The van der Waals surface area contributed by atoms with Gasteiger partial charge in [0.25, 0.3) is 0 Å². The molecule has 166 valence electrons. The fourth-order valence-electron chi connectivity index (χ4n) is 3.84. The molecule has 0 aliphatic heterocycles. The van der Waals surface area contributed by atoms with Crippen molar-refractivity contribution in [1.82, 2.24) is 0 Å². The highest BCUT2D eigenvalue weighted by Crippen LogP contribution is 2.36. The number of aryl methyl sites for hydroxylation is 2. The maximum absolute atomic E-state index is 5.34. The van der Waals surface area contributed by atoms with E-state index in [4.69, 9.17) is 9.47 Å². The molecule has 3 heteroatoms. The summed E-state index contributed by atoms with van der Waals surface area (Å²) in [6.45, 7) is 4.27. The average Bonchev–Trinajstić information content (AvgIpc) is 2.85. The number of anilines is 3. The van der Waals surface area contributed by atoms with Crippen molar-refractivity contribution in [1.29, 1.82) is 0 Å². The fraction of sp³-hybridized carbons (Fsp3) is 0.133. The lowest BCUT2D eigenvalue weighted by atomic mass is 10.0. The number of benzene rings is 4. The topological polar surface area (TPSA) is 21.7 Å². The van der Waals surface area contributed by atoms with E-state index < -0.39 is 0 Å². The van der Waals surface area contributed by atoms with Crippen LogP contribution in [-0.2, 0) is 0 Å². The lowest BCUT2D eigenvalue weighted by Crippen LogP contribution is -2.09. The predicted octanol–water partition coefficient (Wildman–Crippen LogP) is 7.96. The van der Waals surface area contributed by atoms with Gasteiger partial charge in [0, 0.05) is 17.1 Å². The summed E-state index contributed by atoms with van der Waals surface area (Å²) in [7, 11) is 3.36. The summed E-state index contributed by atoms with van der Waals surface area (Å²) in [5, 5.41) is 0. The highest BCUT2D eigenvalue weighted by atomic mass is 16.5. The third-order valence-corrected chi connectivity index (χ3v) is 5.69. The van der Waals surface area contributed by atoms with Crippen LogP contribution in [0.2, 0.25) is 0 Å². The molecule has 0 saturated heterocycles. The molecule has 4 aromatic carbocycles. The first kappa shape index (κ1) is 22.2. The molecule has 4 aromatic rings. The minimum Gasteiger partial charge on any atom is -0.497 e. The molecule has 0 spiro atoms. The molecule has 0 fully saturated rings. The Labute approximate surface area is 196 Å². The normalized spacial score (nSPS) is 10.9. The van der Waals surface area contributed by atoms with E-state index in [0.29, 0.717) is 0 Å². The largest absolute Gasteiger partial charge is 0.497 e. The van der Waals surface area contributed by atoms with Gasteiger partial charge in [-0.05, 0) is 91.2 Å². The van der Waals surface area contributed by atoms with Crippen LogP contribution < -0.4 is 14.4 Å². The summed E-state index contributed by atoms with van der Waals surface area (Å²) in [5.74, 6) is 1.67. The first-order valence-corrected chi connectivity index (χ1v) is 11.0. The molecule has 0 unspecified atom stereocenters. The van der Waals surface area contributed by atoms with Crippen molar-refractivity contribution in [3.63, 3.8) is 0 Å². The smallest absolute Gasteiger partial charge is 0.119 e. The van der Waals surface area contributed by atoms with Gasteiger partial charge in [-0.2, -0.15) is 0 Å².